The van der Waals surface area contributed by atoms with Crippen LogP contribution in [-0.4, -0.2) is 23.9 Å². The van der Waals surface area contributed by atoms with E-state index in [4.69, 9.17) is 0 Å². The molecule has 0 aromatic carbocycles. The Balaban J connectivity index is 1.87. The number of likely N-dealkylation sites (tertiary alicyclic amines) is 1. The van der Waals surface area contributed by atoms with Gasteiger partial charge in [0.2, 0.25) is 5.91 Å². The number of carbonyl (C=O) groups excluding carboxylic acids is 1. The minimum atomic E-state index is 0.361. The Kier molecular flexibility index (Phi) is 2.87. The largest absolute Gasteiger partial charge is 0.342 e. The van der Waals surface area contributed by atoms with Gasteiger partial charge in [-0.15, -0.1) is 0 Å². The predicted octanol–water partition coefficient (Wildman–Crippen LogP) is 2.00. The van der Waals surface area contributed by atoms with Crippen molar-refractivity contribution in [3.05, 3.63) is 6.42 Å². The molecule has 0 bridgehead atoms. The third kappa shape index (κ3) is 2.04. The molecule has 0 unspecified atom stereocenters. The normalized spacial score (nSPS) is 25.1. The maximum atomic E-state index is 11.9. The van der Waals surface area contributed by atoms with Crippen molar-refractivity contribution in [1.29, 1.82) is 0 Å². The maximum absolute atomic E-state index is 11.9. The van der Waals surface area contributed by atoms with E-state index in [1.807, 2.05) is 4.90 Å². The van der Waals surface area contributed by atoms with Crippen molar-refractivity contribution in [2.45, 2.75) is 38.5 Å². The predicted molar refractivity (Wildman–Crippen MR) is 52.1 cm³/mol. The molecule has 0 atom stereocenters. The fourth-order valence-electron chi connectivity index (χ4n) is 2.39. The Bertz CT molecular complexity index is 179. The third-order valence-electron chi connectivity index (χ3n) is 3.22. The molecule has 1 radical (unpaired) electrons. The number of carbonyl (C=O) groups is 1. The van der Waals surface area contributed by atoms with Gasteiger partial charge in [-0.25, -0.2) is 0 Å². The van der Waals surface area contributed by atoms with E-state index < -0.39 is 0 Å². The average Bonchev–Trinajstić information content (AvgIpc) is 2.71. The van der Waals surface area contributed by atoms with E-state index in [2.05, 4.69) is 6.42 Å². The Morgan fingerprint density at radius 3 is 2.62 bits per heavy atom. The Morgan fingerprint density at radius 1 is 1.23 bits per heavy atom. The first-order chi connectivity index (χ1) is 6.38. The summed E-state index contributed by atoms with van der Waals surface area (Å²) in [5, 5.41) is 0. The zero-order chi connectivity index (χ0) is 9.10. The van der Waals surface area contributed by atoms with Gasteiger partial charge in [0.05, 0.1) is 0 Å². The smallest absolute Gasteiger partial charge is 0.225 e. The lowest BCUT2D eigenvalue weighted by Gasteiger charge is -2.25. The van der Waals surface area contributed by atoms with Crippen LogP contribution in [0.4, 0.5) is 0 Å². The van der Waals surface area contributed by atoms with E-state index in [0.29, 0.717) is 11.8 Å². The van der Waals surface area contributed by atoms with Gasteiger partial charge >= 0.3 is 0 Å². The van der Waals surface area contributed by atoms with Crippen molar-refractivity contribution in [2.75, 3.05) is 13.1 Å². The lowest BCUT2D eigenvalue weighted by Crippen LogP contribution is -2.34. The first kappa shape index (κ1) is 9.04. The zero-order valence-electron chi connectivity index (χ0n) is 8.17. The van der Waals surface area contributed by atoms with Crippen LogP contribution in [0.3, 0.4) is 0 Å². The summed E-state index contributed by atoms with van der Waals surface area (Å²) < 4.78 is 0. The van der Waals surface area contributed by atoms with Crippen LogP contribution in [0, 0.1) is 12.3 Å². The molecular weight excluding hydrogens is 162 g/mol. The minimum Gasteiger partial charge on any atom is -0.342 e. The quantitative estimate of drug-likeness (QED) is 0.604. The highest BCUT2D eigenvalue weighted by Gasteiger charge is 2.27. The van der Waals surface area contributed by atoms with E-state index in [-0.39, 0.29) is 0 Å². The molecule has 2 heteroatoms. The van der Waals surface area contributed by atoms with E-state index in [1.165, 1.54) is 19.3 Å². The highest BCUT2D eigenvalue weighted by Crippen LogP contribution is 2.26. The number of nitrogens with zero attached hydrogens (tertiary/aromatic N) is 1. The average molecular weight is 180 g/mol. The SMILES string of the molecule is O=C(C1CCCCC1)N1C[CH]CC1. The fourth-order valence-corrected chi connectivity index (χ4v) is 2.39. The number of hydrogen-bond donors (Lipinski definition) is 0. The van der Waals surface area contributed by atoms with Gasteiger partial charge in [-0.3, -0.25) is 4.79 Å². The number of hydrogen-bond acceptors (Lipinski definition) is 1. The summed E-state index contributed by atoms with van der Waals surface area (Å²) in [6.45, 7) is 1.87. The highest BCUT2D eigenvalue weighted by molar-refractivity contribution is 5.79. The van der Waals surface area contributed by atoms with Crippen molar-refractivity contribution < 1.29 is 4.79 Å². The van der Waals surface area contributed by atoms with Crippen LogP contribution in [0.25, 0.3) is 0 Å². The van der Waals surface area contributed by atoms with Gasteiger partial charge in [0.1, 0.15) is 0 Å². The van der Waals surface area contributed by atoms with E-state index >= 15 is 0 Å². The van der Waals surface area contributed by atoms with Crippen molar-refractivity contribution in [2.24, 2.45) is 5.92 Å². The van der Waals surface area contributed by atoms with Gasteiger partial charge in [0.15, 0.2) is 0 Å². The molecule has 1 aliphatic carbocycles. The summed E-state index contributed by atoms with van der Waals surface area (Å²) in [6, 6.07) is 0. The van der Waals surface area contributed by atoms with Gasteiger partial charge in [-0.2, -0.15) is 0 Å². The second kappa shape index (κ2) is 4.12. The van der Waals surface area contributed by atoms with Gasteiger partial charge in [0, 0.05) is 19.0 Å². The van der Waals surface area contributed by atoms with E-state index in [0.717, 1.165) is 32.4 Å². The Hall–Kier alpha value is -0.530. The molecule has 0 aromatic heterocycles. The standard InChI is InChI=1S/C11H18NO/c13-11(12-8-4-5-9-12)10-6-2-1-3-7-10/h4,10H,1-3,5-9H2. The second-order valence-electron chi connectivity index (χ2n) is 4.20. The van der Waals surface area contributed by atoms with Crippen LogP contribution in [0.5, 0.6) is 0 Å². The van der Waals surface area contributed by atoms with Crippen molar-refractivity contribution >= 4 is 5.91 Å². The lowest BCUT2D eigenvalue weighted by atomic mass is 9.88. The third-order valence-corrected chi connectivity index (χ3v) is 3.22. The number of rotatable bonds is 1. The van der Waals surface area contributed by atoms with Gasteiger partial charge < -0.3 is 4.90 Å². The first-order valence-electron chi connectivity index (χ1n) is 5.48. The molecule has 0 spiro atoms. The molecule has 73 valence electrons. The lowest BCUT2D eigenvalue weighted by molar-refractivity contribution is -0.135. The van der Waals surface area contributed by atoms with Crippen LogP contribution in [0.15, 0.2) is 0 Å². The fraction of sp³-hybridized carbons (Fsp3) is 0.818. The molecule has 0 aromatic rings. The van der Waals surface area contributed by atoms with Crippen LogP contribution >= 0.6 is 0 Å². The molecular formula is C11H18NO. The molecule has 2 rings (SSSR count). The molecule has 1 heterocycles. The maximum Gasteiger partial charge on any atom is 0.225 e. The van der Waals surface area contributed by atoms with Crippen molar-refractivity contribution in [1.82, 2.24) is 4.90 Å². The molecule has 1 amide bonds. The Labute approximate surface area is 80.3 Å². The van der Waals surface area contributed by atoms with Crippen LogP contribution < -0.4 is 0 Å². The van der Waals surface area contributed by atoms with Crippen molar-refractivity contribution in [3.8, 4) is 0 Å². The van der Waals surface area contributed by atoms with Crippen LogP contribution in [0.2, 0.25) is 0 Å². The summed E-state index contributed by atoms with van der Waals surface area (Å²) in [5.74, 6) is 0.786. The summed E-state index contributed by atoms with van der Waals surface area (Å²) in [5.41, 5.74) is 0. The highest BCUT2D eigenvalue weighted by atomic mass is 16.2. The summed E-state index contributed by atoms with van der Waals surface area (Å²) >= 11 is 0. The molecule has 2 nitrogen and oxygen atoms in total. The van der Waals surface area contributed by atoms with Gasteiger partial charge in [-0.05, 0) is 25.7 Å². The minimum absolute atomic E-state index is 0.361. The molecule has 2 fully saturated rings. The molecule has 0 N–H and O–H groups in total. The molecule has 13 heavy (non-hydrogen) atoms. The van der Waals surface area contributed by atoms with Crippen LogP contribution in [0.1, 0.15) is 38.5 Å². The van der Waals surface area contributed by atoms with Crippen molar-refractivity contribution in [3.63, 3.8) is 0 Å². The first-order valence-corrected chi connectivity index (χ1v) is 5.48. The molecule has 1 saturated heterocycles. The number of amides is 1. The monoisotopic (exact) mass is 180 g/mol. The van der Waals surface area contributed by atoms with E-state index in [1.54, 1.807) is 0 Å². The van der Waals surface area contributed by atoms with E-state index in [9.17, 15) is 4.79 Å². The van der Waals surface area contributed by atoms with Gasteiger partial charge in [0.25, 0.3) is 0 Å². The molecule has 1 aliphatic heterocycles. The summed E-state index contributed by atoms with van der Waals surface area (Å²) in [4.78, 5) is 13.9. The molecule has 2 aliphatic rings. The summed E-state index contributed by atoms with van der Waals surface area (Å²) in [7, 11) is 0. The van der Waals surface area contributed by atoms with Crippen LogP contribution in [-0.2, 0) is 4.79 Å². The molecule has 1 saturated carbocycles. The second-order valence-corrected chi connectivity index (χ2v) is 4.20. The topological polar surface area (TPSA) is 20.3 Å². The summed E-state index contributed by atoms with van der Waals surface area (Å²) in [6.07, 6.45) is 9.42. The van der Waals surface area contributed by atoms with Gasteiger partial charge in [-0.1, -0.05) is 19.3 Å². The zero-order valence-corrected chi connectivity index (χ0v) is 8.17. The Morgan fingerprint density at radius 2 is 2.00 bits per heavy atom.